The number of aromatic nitrogens is 1. The Kier molecular flexibility index (Phi) is 3.39. The molecule has 0 atom stereocenters. The second-order valence-corrected chi connectivity index (χ2v) is 4.48. The van der Waals surface area contributed by atoms with Gasteiger partial charge >= 0.3 is 0 Å². The van der Waals surface area contributed by atoms with Crippen LogP contribution in [0.2, 0.25) is 0 Å². The van der Waals surface area contributed by atoms with Gasteiger partial charge in [0.2, 0.25) is 0 Å². The fraction of sp³-hybridized carbons (Fsp3) is 0. The van der Waals surface area contributed by atoms with E-state index in [1.54, 1.807) is 30.3 Å². The van der Waals surface area contributed by atoms with E-state index in [1.807, 2.05) is 30.3 Å². The van der Waals surface area contributed by atoms with Crippen LogP contribution in [-0.2, 0) is 0 Å². The summed E-state index contributed by atoms with van der Waals surface area (Å²) in [6.07, 6.45) is 0. The van der Waals surface area contributed by atoms with Gasteiger partial charge in [-0.1, -0.05) is 47.6 Å². The molecule has 0 bridgehead atoms. The van der Waals surface area contributed by atoms with Crippen LogP contribution in [-0.4, -0.2) is 11.1 Å². The summed E-state index contributed by atoms with van der Waals surface area (Å²) in [5.74, 6) is 0.181. The Morgan fingerprint density at radius 3 is 2.52 bits per heavy atom. The molecule has 0 saturated heterocycles. The van der Waals surface area contributed by atoms with E-state index in [9.17, 15) is 4.79 Å². The number of hydrogen-bond donors (Lipinski definition) is 2. The Morgan fingerprint density at radius 1 is 1.05 bits per heavy atom. The van der Waals surface area contributed by atoms with Crippen LogP contribution >= 0.6 is 0 Å². The molecule has 2 aromatic carbocycles. The lowest BCUT2D eigenvalue weighted by Gasteiger charge is -2.05. The predicted octanol–water partition coefficient (Wildman–Crippen LogP) is 3.18. The summed E-state index contributed by atoms with van der Waals surface area (Å²) in [7, 11) is 0. The Hall–Kier alpha value is -3.08. The summed E-state index contributed by atoms with van der Waals surface area (Å²) in [5.41, 5.74) is 7.90. The van der Waals surface area contributed by atoms with Crippen LogP contribution in [0.5, 0.6) is 0 Å². The first-order valence-electron chi connectivity index (χ1n) is 6.42. The zero-order chi connectivity index (χ0) is 14.7. The molecule has 1 amide bonds. The number of rotatable bonds is 3. The smallest absolute Gasteiger partial charge is 0.277 e. The molecule has 1 aromatic heterocycles. The normalized spacial score (nSPS) is 10.3. The van der Waals surface area contributed by atoms with Crippen LogP contribution in [0.3, 0.4) is 0 Å². The lowest BCUT2D eigenvalue weighted by atomic mass is 10.1. The highest BCUT2D eigenvalue weighted by Crippen LogP contribution is 2.21. The first-order chi connectivity index (χ1) is 10.2. The van der Waals surface area contributed by atoms with Crippen LogP contribution in [0.25, 0.3) is 11.3 Å². The lowest BCUT2D eigenvalue weighted by molar-refractivity contribution is 0.101. The number of benzene rings is 2. The van der Waals surface area contributed by atoms with E-state index in [4.69, 9.17) is 10.3 Å². The van der Waals surface area contributed by atoms with Gasteiger partial charge in [0.15, 0.2) is 11.5 Å². The number of anilines is 2. The van der Waals surface area contributed by atoms with Crippen molar-refractivity contribution in [2.24, 2.45) is 0 Å². The average Bonchev–Trinajstić information content (AvgIpc) is 3.00. The number of nitrogens with two attached hydrogens (primary N) is 1. The van der Waals surface area contributed by atoms with Gasteiger partial charge in [0.1, 0.15) is 0 Å². The number of hydrogen-bond acceptors (Lipinski definition) is 4. The Bertz CT molecular complexity index is 766. The van der Waals surface area contributed by atoms with Gasteiger partial charge in [0.05, 0.1) is 11.4 Å². The third-order valence-electron chi connectivity index (χ3n) is 3.01. The minimum atomic E-state index is -0.362. The van der Waals surface area contributed by atoms with Gasteiger partial charge < -0.3 is 15.6 Å². The molecule has 1 heterocycles. The van der Waals surface area contributed by atoms with Crippen molar-refractivity contribution in [1.82, 2.24) is 5.16 Å². The second-order valence-electron chi connectivity index (χ2n) is 4.48. The quantitative estimate of drug-likeness (QED) is 0.721. The van der Waals surface area contributed by atoms with Gasteiger partial charge in [-0.05, 0) is 12.1 Å². The van der Waals surface area contributed by atoms with Crippen molar-refractivity contribution in [2.75, 3.05) is 11.1 Å². The molecule has 0 spiro atoms. The first kappa shape index (κ1) is 12.9. The maximum Gasteiger partial charge on any atom is 0.277 e. The highest BCUT2D eigenvalue weighted by atomic mass is 16.5. The predicted molar refractivity (Wildman–Crippen MR) is 80.7 cm³/mol. The number of carbonyl (C=O) groups is 1. The monoisotopic (exact) mass is 279 g/mol. The molecule has 0 radical (unpaired) electrons. The van der Waals surface area contributed by atoms with Crippen LogP contribution in [0, 0.1) is 0 Å². The molecule has 5 nitrogen and oxygen atoms in total. The third-order valence-corrected chi connectivity index (χ3v) is 3.01. The number of nitrogens with zero attached hydrogens (tertiary/aromatic N) is 1. The summed E-state index contributed by atoms with van der Waals surface area (Å²) in [5, 5.41) is 6.50. The molecule has 3 aromatic rings. The molecular weight excluding hydrogens is 266 g/mol. The minimum absolute atomic E-state index is 0.206. The average molecular weight is 279 g/mol. The Balaban J connectivity index is 1.80. The van der Waals surface area contributed by atoms with Crippen LogP contribution in [0.15, 0.2) is 65.2 Å². The number of carbonyl (C=O) groups excluding carboxylic acids is 1. The lowest BCUT2D eigenvalue weighted by Crippen LogP contribution is -2.13. The van der Waals surface area contributed by atoms with Gasteiger partial charge in [0.25, 0.3) is 5.91 Å². The molecule has 0 aliphatic carbocycles. The fourth-order valence-electron chi connectivity index (χ4n) is 1.92. The molecule has 0 aliphatic rings. The van der Waals surface area contributed by atoms with E-state index in [2.05, 4.69) is 10.5 Å². The third kappa shape index (κ3) is 2.76. The molecule has 5 heteroatoms. The van der Waals surface area contributed by atoms with E-state index >= 15 is 0 Å². The van der Waals surface area contributed by atoms with Crippen molar-refractivity contribution in [3.63, 3.8) is 0 Å². The molecule has 0 aliphatic heterocycles. The summed E-state index contributed by atoms with van der Waals surface area (Å²) < 4.78 is 5.20. The SMILES string of the molecule is Nc1ccccc1NC(=O)c1cc(-c2ccccc2)on1. The molecule has 21 heavy (non-hydrogen) atoms. The minimum Gasteiger partial charge on any atom is -0.397 e. The molecule has 0 saturated carbocycles. The molecule has 3 rings (SSSR count). The summed E-state index contributed by atoms with van der Waals surface area (Å²) in [4.78, 5) is 12.1. The highest BCUT2D eigenvalue weighted by Gasteiger charge is 2.14. The topological polar surface area (TPSA) is 81.1 Å². The van der Waals surface area contributed by atoms with Crippen molar-refractivity contribution in [3.05, 3.63) is 66.4 Å². The second kappa shape index (κ2) is 5.50. The van der Waals surface area contributed by atoms with Gasteiger partial charge in [-0.25, -0.2) is 0 Å². The molecule has 3 N–H and O–H groups in total. The van der Waals surface area contributed by atoms with Crippen molar-refractivity contribution < 1.29 is 9.32 Å². The van der Waals surface area contributed by atoms with Crippen LogP contribution in [0.4, 0.5) is 11.4 Å². The zero-order valence-corrected chi connectivity index (χ0v) is 11.1. The number of para-hydroxylation sites is 2. The maximum absolute atomic E-state index is 12.1. The number of amides is 1. The van der Waals surface area contributed by atoms with E-state index in [-0.39, 0.29) is 11.6 Å². The fourth-order valence-corrected chi connectivity index (χ4v) is 1.92. The summed E-state index contributed by atoms with van der Waals surface area (Å²) in [6.45, 7) is 0. The van der Waals surface area contributed by atoms with Crippen molar-refractivity contribution >= 4 is 17.3 Å². The summed E-state index contributed by atoms with van der Waals surface area (Å²) in [6, 6.07) is 18.1. The van der Waals surface area contributed by atoms with E-state index in [0.29, 0.717) is 17.1 Å². The van der Waals surface area contributed by atoms with Crippen molar-refractivity contribution in [3.8, 4) is 11.3 Å². The first-order valence-corrected chi connectivity index (χ1v) is 6.42. The number of nitrogens with one attached hydrogen (secondary N) is 1. The van der Waals surface area contributed by atoms with Crippen molar-refractivity contribution in [2.45, 2.75) is 0 Å². The Labute approximate surface area is 121 Å². The van der Waals surface area contributed by atoms with Crippen LogP contribution in [0.1, 0.15) is 10.5 Å². The Morgan fingerprint density at radius 2 is 1.76 bits per heavy atom. The standard InChI is InChI=1S/C16H13N3O2/c17-12-8-4-5-9-13(12)18-16(20)14-10-15(21-19-14)11-6-2-1-3-7-11/h1-10H,17H2,(H,18,20). The van der Waals surface area contributed by atoms with Gasteiger partial charge in [0, 0.05) is 11.6 Å². The van der Waals surface area contributed by atoms with E-state index in [1.165, 1.54) is 0 Å². The van der Waals surface area contributed by atoms with E-state index < -0.39 is 0 Å². The van der Waals surface area contributed by atoms with E-state index in [0.717, 1.165) is 5.56 Å². The summed E-state index contributed by atoms with van der Waals surface area (Å²) >= 11 is 0. The van der Waals surface area contributed by atoms with Crippen LogP contribution < -0.4 is 11.1 Å². The van der Waals surface area contributed by atoms with Gasteiger partial charge in [-0.15, -0.1) is 0 Å². The zero-order valence-electron chi connectivity index (χ0n) is 11.1. The highest BCUT2D eigenvalue weighted by molar-refractivity contribution is 6.04. The largest absolute Gasteiger partial charge is 0.397 e. The maximum atomic E-state index is 12.1. The molecule has 0 fully saturated rings. The van der Waals surface area contributed by atoms with Gasteiger partial charge in [-0.2, -0.15) is 0 Å². The molecule has 104 valence electrons. The molecular formula is C16H13N3O2. The number of nitrogen functional groups attached to an aromatic ring is 1. The molecule has 0 unspecified atom stereocenters. The van der Waals surface area contributed by atoms with Gasteiger partial charge in [-0.3, -0.25) is 4.79 Å². The van der Waals surface area contributed by atoms with Crippen molar-refractivity contribution in [1.29, 1.82) is 0 Å².